The summed E-state index contributed by atoms with van der Waals surface area (Å²) in [6.07, 6.45) is 9.16. The minimum Gasteiger partial charge on any atom is -0.481 e. The zero-order valence-corrected chi connectivity index (χ0v) is 15.7. The summed E-state index contributed by atoms with van der Waals surface area (Å²) >= 11 is 1.41. The normalized spacial score (nSPS) is 19.2. The fourth-order valence-corrected chi connectivity index (χ4v) is 3.77. The summed E-state index contributed by atoms with van der Waals surface area (Å²) in [5.74, 6) is 1.01. The Labute approximate surface area is 158 Å². The molecule has 1 aromatic rings. The van der Waals surface area contributed by atoms with Gasteiger partial charge in [0.1, 0.15) is 5.76 Å². The summed E-state index contributed by atoms with van der Waals surface area (Å²) in [5, 5.41) is 18.7. The number of unbranched alkanes of at least 4 members (excludes halogenated alkanes) is 1. The molecule has 2 heterocycles. The van der Waals surface area contributed by atoms with Gasteiger partial charge in [-0.3, -0.25) is 9.59 Å². The van der Waals surface area contributed by atoms with Crippen molar-refractivity contribution in [1.82, 2.24) is 4.90 Å². The van der Waals surface area contributed by atoms with Gasteiger partial charge in [-0.1, -0.05) is 12.2 Å². The maximum absolute atomic E-state index is 12.2. The van der Waals surface area contributed by atoms with Gasteiger partial charge in [0, 0.05) is 19.4 Å². The molecule has 144 valence electrons. The lowest BCUT2D eigenvalue weighted by atomic mass is 9.99. The molecular formula is C19H27NO5S. The van der Waals surface area contributed by atoms with Gasteiger partial charge in [0.05, 0.1) is 24.2 Å². The van der Waals surface area contributed by atoms with Crippen LogP contribution in [0, 0.1) is 0 Å². The van der Waals surface area contributed by atoms with E-state index in [9.17, 15) is 14.7 Å². The van der Waals surface area contributed by atoms with Crippen molar-refractivity contribution in [2.45, 2.75) is 50.7 Å². The molecule has 1 aromatic heterocycles. The van der Waals surface area contributed by atoms with E-state index < -0.39 is 12.1 Å². The molecule has 2 atom stereocenters. The molecule has 0 aliphatic carbocycles. The van der Waals surface area contributed by atoms with Crippen molar-refractivity contribution < 1.29 is 24.2 Å². The molecule has 0 aromatic carbocycles. The summed E-state index contributed by atoms with van der Waals surface area (Å²) in [6.45, 7) is 0.676. The Bertz CT molecular complexity index is 587. The van der Waals surface area contributed by atoms with Crippen LogP contribution in [0.15, 0.2) is 35.0 Å². The highest BCUT2D eigenvalue weighted by molar-refractivity contribution is 7.99. The monoisotopic (exact) mass is 381 g/mol. The van der Waals surface area contributed by atoms with Crippen LogP contribution >= 0.6 is 11.8 Å². The first-order valence-electron chi connectivity index (χ1n) is 9.04. The first kappa shape index (κ1) is 20.6. The Kier molecular flexibility index (Phi) is 8.77. The quantitative estimate of drug-likeness (QED) is 0.452. The van der Waals surface area contributed by atoms with Crippen LogP contribution in [0.25, 0.3) is 0 Å². The van der Waals surface area contributed by atoms with Gasteiger partial charge in [0.2, 0.25) is 5.91 Å². The first-order valence-corrected chi connectivity index (χ1v) is 10.2. The molecule has 2 N–H and O–H groups in total. The molecule has 6 nitrogen and oxygen atoms in total. The second-order valence-electron chi connectivity index (χ2n) is 6.44. The molecule has 1 amide bonds. The lowest BCUT2D eigenvalue weighted by Crippen LogP contribution is -2.43. The van der Waals surface area contributed by atoms with E-state index in [2.05, 4.69) is 0 Å². The molecule has 0 bridgehead atoms. The molecule has 1 unspecified atom stereocenters. The Hall–Kier alpha value is -1.73. The van der Waals surface area contributed by atoms with Gasteiger partial charge < -0.3 is 19.5 Å². The average Bonchev–Trinajstić information content (AvgIpc) is 3.10. The second-order valence-corrected chi connectivity index (χ2v) is 7.54. The number of carboxylic acids is 1. The van der Waals surface area contributed by atoms with E-state index >= 15 is 0 Å². The molecule has 7 heteroatoms. The number of hydrogen-bond acceptors (Lipinski definition) is 5. The van der Waals surface area contributed by atoms with Crippen LogP contribution in [0.4, 0.5) is 0 Å². The highest BCUT2D eigenvalue weighted by Gasteiger charge is 2.25. The molecule has 0 saturated carbocycles. The van der Waals surface area contributed by atoms with E-state index in [1.807, 2.05) is 17.0 Å². The van der Waals surface area contributed by atoms with Gasteiger partial charge in [-0.2, -0.15) is 11.8 Å². The predicted molar refractivity (Wildman–Crippen MR) is 101 cm³/mol. The van der Waals surface area contributed by atoms with Crippen LogP contribution < -0.4 is 0 Å². The molecule has 1 aliphatic rings. The van der Waals surface area contributed by atoms with Crippen molar-refractivity contribution in [1.29, 1.82) is 0 Å². The number of carbonyl (C=O) groups is 2. The molecule has 26 heavy (non-hydrogen) atoms. The molecule has 0 spiro atoms. The highest BCUT2D eigenvalue weighted by Crippen LogP contribution is 2.21. The van der Waals surface area contributed by atoms with E-state index in [1.54, 1.807) is 18.4 Å². The zero-order chi connectivity index (χ0) is 18.8. The number of furan rings is 1. The Morgan fingerprint density at radius 2 is 2.31 bits per heavy atom. The Morgan fingerprint density at radius 1 is 1.46 bits per heavy atom. The van der Waals surface area contributed by atoms with Crippen LogP contribution in [-0.2, 0) is 16.0 Å². The molecule has 1 fully saturated rings. The third kappa shape index (κ3) is 7.25. The predicted octanol–water partition coefficient (Wildman–Crippen LogP) is 2.72. The van der Waals surface area contributed by atoms with Gasteiger partial charge in [-0.15, -0.1) is 0 Å². The molecule has 1 aliphatic heterocycles. The topological polar surface area (TPSA) is 91.0 Å². The van der Waals surface area contributed by atoms with Crippen LogP contribution in [0.5, 0.6) is 0 Å². The van der Waals surface area contributed by atoms with Crippen molar-refractivity contribution >= 4 is 23.6 Å². The number of aliphatic carboxylic acids is 1. The number of rotatable bonds is 11. The number of carbonyl (C=O) groups excluding carboxylic acids is 1. The lowest BCUT2D eigenvalue weighted by molar-refractivity contribution is -0.135. The molecular weight excluding hydrogens is 354 g/mol. The smallest absolute Gasteiger partial charge is 0.313 e. The van der Waals surface area contributed by atoms with Crippen LogP contribution in [0.2, 0.25) is 0 Å². The van der Waals surface area contributed by atoms with Gasteiger partial charge in [0.15, 0.2) is 0 Å². The number of hydrogen-bond donors (Lipinski definition) is 2. The third-order valence-corrected chi connectivity index (χ3v) is 5.35. The van der Waals surface area contributed by atoms with Gasteiger partial charge in [0.25, 0.3) is 0 Å². The summed E-state index contributed by atoms with van der Waals surface area (Å²) in [6, 6.07) is 3.65. The number of aliphatic hydroxyl groups excluding tert-OH is 1. The van der Waals surface area contributed by atoms with Crippen molar-refractivity contribution in [3.8, 4) is 0 Å². The van der Waals surface area contributed by atoms with Crippen LogP contribution in [0.3, 0.4) is 0 Å². The average molecular weight is 381 g/mol. The number of likely N-dealkylation sites (tertiary alicyclic amines) is 1. The van der Waals surface area contributed by atoms with Crippen LogP contribution in [0.1, 0.15) is 37.9 Å². The van der Waals surface area contributed by atoms with E-state index in [0.29, 0.717) is 19.4 Å². The number of nitrogens with zero attached hydrogens (tertiary/aromatic N) is 1. The van der Waals surface area contributed by atoms with E-state index in [0.717, 1.165) is 37.2 Å². The highest BCUT2D eigenvalue weighted by atomic mass is 32.2. The fourth-order valence-electron chi connectivity index (χ4n) is 3.04. The van der Waals surface area contributed by atoms with Crippen molar-refractivity contribution in [3.63, 3.8) is 0 Å². The fraction of sp³-hybridized carbons (Fsp3) is 0.579. The van der Waals surface area contributed by atoms with Crippen LogP contribution in [-0.4, -0.2) is 57.2 Å². The molecule has 1 saturated heterocycles. The number of carboxylic acid groups (broad SMARTS) is 1. The third-order valence-electron chi connectivity index (χ3n) is 4.32. The van der Waals surface area contributed by atoms with Gasteiger partial charge in [-0.05, 0) is 43.6 Å². The van der Waals surface area contributed by atoms with E-state index in [-0.39, 0.29) is 17.7 Å². The lowest BCUT2D eigenvalue weighted by Gasteiger charge is -2.34. The largest absolute Gasteiger partial charge is 0.481 e. The van der Waals surface area contributed by atoms with Crippen molar-refractivity contribution in [3.05, 3.63) is 36.3 Å². The standard InChI is InChI=1S/C19H27NO5S/c21-16(13-17-6-4-11-25-17)9-8-15-5-3-7-18(22)20(15)10-1-2-12-26-14-19(23)24/h4,6,8-9,11,15-16,21H,1-3,5,7,10,12-14H2,(H,23,24)/t15-,16?/m1/s1. The SMILES string of the molecule is O=C(O)CSCCCCN1C(=O)CCC[C@@H]1C=CC(O)Cc1ccco1. The minimum absolute atomic E-state index is 0.0224. The molecule has 2 rings (SSSR count). The Morgan fingerprint density at radius 3 is 3.04 bits per heavy atom. The van der Waals surface area contributed by atoms with Crippen molar-refractivity contribution in [2.75, 3.05) is 18.1 Å². The minimum atomic E-state index is -0.792. The maximum atomic E-state index is 12.2. The first-order chi connectivity index (χ1) is 12.6. The summed E-state index contributed by atoms with van der Waals surface area (Å²) in [7, 11) is 0. The van der Waals surface area contributed by atoms with E-state index in [4.69, 9.17) is 9.52 Å². The summed E-state index contributed by atoms with van der Waals surface area (Å²) in [5.41, 5.74) is 0. The zero-order valence-electron chi connectivity index (χ0n) is 14.9. The van der Waals surface area contributed by atoms with Gasteiger partial charge in [-0.25, -0.2) is 0 Å². The molecule has 0 radical (unpaired) electrons. The van der Waals surface area contributed by atoms with E-state index in [1.165, 1.54) is 11.8 Å². The number of aliphatic hydroxyl groups is 1. The van der Waals surface area contributed by atoms with Gasteiger partial charge >= 0.3 is 5.97 Å². The number of thioether (sulfide) groups is 1. The summed E-state index contributed by atoms with van der Waals surface area (Å²) < 4.78 is 5.24. The number of amides is 1. The second kappa shape index (κ2) is 11.1. The maximum Gasteiger partial charge on any atom is 0.313 e. The van der Waals surface area contributed by atoms with Crippen molar-refractivity contribution in [2.24, 2.45) is 0 Å². The number of piperidine rings is 1. The Balaban J connectivity index is 1.77. The summed E-state index contributed by atoms with van der Waals surface area (Å²) in [4.78, 5) is 24.6.